The lowest BCUT2D eigenvalue weighted by molar-refractivity contribution is -0.184. The van der Waals surface area contributed by atoms with Crippen molar-refractivity contribution >= 4 is 28.8 Å². The summed E-state index contributed by atoms with van der Waals surface area (Å²) in [5, 5.41) is 6.06. The zero-order valence-corrected chi connectivity index (χ0v) is 22.8. The van der Waals surface area contributed by atoms with Gasteiger partial charge < -0.3 is 9.88 Å². The molecule has 3 amide bonds. The molecule has 5 rings (SSSR count). The average Bonchev–Trinajstić information content (AvgIpc) is 3.44. The standard InChI is InChI=1S/C30H37N5O3/c1-18(2)14-25-29(37)32-28(22-15-20-10-6-7-11-21(20)16-22)30(38)35(25)34(19(3)4)27(36)17-26-31-23-12-8-9-13-24(23)33(26)5/h6-13,18-19,22,25,28H,14-17H2,1-5H3,(H,32,37)/t25-,28-/m1/s1. The summed E-state index contributed by atoms with van der Waals surface area (Å²) in [4.78, 5) is 46.3. The Morgan fingerprint density at radius 3 is 2.26 bits per heavy atom. The summed E-state index contributed by atoms with van der Waals surface area (Å²) in [6, 6.07) is 14.2. The number of fused-ring (bicyclic) bond motifs is 2. The molecule has 200 valence electrons. The van der Waals surface area contributed by atoms with Crippen LogP contribution in [0.4, 0.5) is 0 Å². The second kappa shape index (κ2) is 10.2. The molecule has 1 saturated heterocycles. The van der Waals surface area contributed by atoms with E-state index in [9.17, 15) is 14.4 Å². The van der Waals surface area contributed by atoms with Crippen LogP contribution in [-0.2, 0) is 40.7 Å². The van der Waals surface area contributed by atoms with Gasteiger partial charge in [0.15, 0.2) is 0 Å². The molecule has 0 radical (unpaired) electrons. The molecule has 1 aromatic heterocycles. The number of piperazine rings is 1. The fraction of sp³-hybridized carbons (Fsp3) is 0.467. The van der Waals surface area contributed by atoms with E-state index in [2.05, 4.69) is 22.4 Å². The minimum atomic E-state index is -0.741. The SMILES string of the molecule is CC(C)C[C@@H]1C(=O)N[C@H](C2Cc3ccccc3C2)C(=O)N1N(C(=O)Cc1nc2ccccc2n1C)C(C)C. The number of nitrogens with one attached hydrogen (secondary N) is 1. The number of carbonyl (C=O) groups is 3. The molecule has 0 spiro atoms. The maximum atomic E-state index is 14.2. The third kappa shape index (κ3) is 4.68. The van der Waals surface area contributed by atoms with E-state index in [1.165, 1.54) is 21.1 Å². The maximum absolute atomic E-state index is 14.2. The second-order valence-electron chi connectivity index (χ2n) is 11.3. The van der Waals surface area contributed by atoms with Crippen molar-refractivity contribution in [1.82, 2.24) is 24.9 Å². The van der Waals surface area contributed by atoms with E-state index in [1.54, 1.807) is 0 Å². The quantitative estimate of drug-likeness (QED) is 0.522. The molecule has 38 heavy (non-hydrogen) atoms. The number of para-hydroxylation sites is 2. The van der Waals surface area contributed by atoms with E-state index >= 15 is 0 Å². The molecule has 8 heteroatoms. The normalized spacial score (nSPS) is 19.9. The first kappa shape index (κ1) is 25.9. The molecule has 1 N–H and O–H groups in total. The van der Waals surface area contributed by atoms with Gasteiger partial charge in [-0.05, 0) is 68.2 Å². The number of aryl methyl sites for hydroxylation is 1. The number of amides is 3. The molecule has 0 unspecified atom stereocenters. The average molecular weight is 516 g/mol. The van der Waals surface area contributed by atoms with Gasteiger partial charge in [0.1, 0.15) is 17.9 Å². The molecule has 1 fully saturated rings. The van der Waals surface area contributed by atoms with Crippen LogP contribution in [0.1, 0.15) is 51.1 Å². The van der Waals surface area contributed by atoms with Crippen LogP contribution in [0.2, 0.25) is 0 Å². The highest BCUT2D eigenvalue weighted by atomic mass is 16.2. The van der Waals surface area contributed by atoms with Crippen LogP contribution >= 0.6 is 0 Å². The number of benzene rings is 2. The van der Waals surface area contributed by atoms with E-state index in [0.717, 1.165) is 23.9 Å². The number of hydrazine groups is 1. The van der Waals surface area contributed by atoms with E-state index in [4.69, 9.17) is 0 Å². The van der Waals surface area contributed by atoms with Crippen LogP contribution in [0.5, 0.6) is 0 Å². The van der Waals surface area contributed by atoms with Crippen LogP contribution in [0.15, 0.2) is 48.5 Å². The first-order valence-corrected chi connectivity index (χ1v) is 13.6. The van der Waals surface area contributed by atoms with Crippen LogP contribution < -0.4 is 5.32 Å². The van der Waals surface area contributed by atoms with E-state index in [-0.39, 0.29) is 42.0 Å². The highest BCUT2D eigenvalue weighted by Crippen LogP contribution is 2.33. The topological polar surface area (TPSA) is 87.5 Å². The fourth-order valence-corrected chi connectivity index (χ4v) is 6.00. The summed E-state index contributed by atoms with van der Waals surface area (Å²) in [5.74, 6) is 0.0933. The molecule has 2 aromatic carbocycles. The lowest BCUT2D eigenvalue weighted by Gasteiger charge is -2.47. The van der Waals surface area contributed by atoms with Crippen molar-refractivity contribution in [2.45, 2.75) is 71.5 Å². The predicted octanol–water partition coefficient (Wildman–Crippen LogP) is 3.42. The fourth-order valence-electron chi connectivity index (χ4n) is 6.00. The van der Waals surface area contributed by atoms with Crippen molar-refractivity contribution in [3.63, 3.8) is 0 Å². The minimum absolute atomic E-state index is 0.0305. The maximum Gasteiger partial charge on any atom is 0.264 e. The molecular formula is C30H37N5O3. The zero-order valence-electron chi connectivity index (χ0n) is 22.8. The molecule has 0 saturated carbocycles. The lowest BCUT2D eigenvalue weighted by atomic mass is 9.91. The van der Waals surface area contributed by atoms with Gasteiger partial charge in [0.05, 0.1) is 17.5 Å². The highest BCUT2D eigenvalue weighted by Gasteiger charge is 2.49. The monoisotopic (exact) mass is 515 g/mol. The van der Waals surface area contributed by atoms with Crippen molar-refractivity contribution < 1.29 is 14.4 Å². The molecule has 3 aromatic rings. The molecule has 8 nitrogen and oxygen atoms in total. The van der Waals surface area contributed by atoms with Gasteiger partial charge in [-0.2, -0.15) is 0 Å². The van der Waals surface area contributed by atoms with E-state index < -0.39 is 12.1 Å². The van der Waals surface area contributed by atoms with Gasteiger partial charge in [0.25, 0.3) is 5.91 Å². The van der Waals surface area contributed by atoms with Gasteiger partial charge in [0.2, 0.25) is 11.8 Å². The van der Waals surface area contributed by atoms with E-state index in [1.807, 2.05) is 75.7 Å². The third-order valence-electron chi connectivity index (χ3n) is 7.80. The first-order valence-electron chi connectivity index (χ1n) is 13.6. The summed E-state index contributed by atoms with van der Waals surface area (Å²) in [6.45, 7) is 7.83. The van der Waals surface area contributed by atoms with Gasteiger partial charge in [-0.3, -0.25) is 14.4 Å². The molecule has 2 aliphatic rings. The summed E-state index contributed by atoms with van der Waals surface area (Å²) in [5.41, 5.74) is 4.20. The summed E-state index contributed by atoms with van der Waals surface area (Å²) < 4.78 is 1.92. The Bertz CT molecular complexity index is 1350. The first-order chi connectivity index (χ1) is 18.2. The van der Waals surface area contributed by atoms with Gasteiger partial charge in [-0.1, -0.05) is 50.2 Å². The predicted molar refractivity (Wildman–Crippen MR) is 146 cm³/mol. The zero-order chi connectivity index (χ0) is 27.1. The second-order valence-corrected chi connectivity index (χ2v) is 11.3. The molecule has 2 atom stereocenters. The molecule has 1 aliphatic carbocycles. The highest BCUT2D eigenvalue weighted by molar-refractivity contribution is 5.98. The molecule has 1 aliphatic heterocycles. The Labute approximate surface area is 224 Å². The van der Waals surface area contributed by atoms with Crippen LogP contribution in [0, 0.1) is 11.8 Å². The van der Waals surface area contributed by atoms with Crippen molar-refractivity contribution in [3.05, 3.63) is 65.5 Å². The third-order valence-corrected chi connectivity index (χ3v) is 7.80. The lowest BCUT2D eigenvalue weighted by Crippen LogP contribution is -2.71. The van der Waals surface area contributed by atoms with Crippen molar-refractivity contribution in [2.75, 3.05) is 0 Å². The van der Waals surface area contributed by atoms with E-state index in [0.29, 0.717) is 12.2 Å². The van der Waals surface area contributed by atoms with Gasteiger partial charge >= 0.3 is 0 Å². The Morgan fingerprint density at radius 2 is 1.66 bits per heavy atom. The van der Waals surface area contributed by atoms with Crippen molar-refractivity contribution in [1.29, 1.82) is 0 Å². The summed E-state index contributed by atoms with van der Waals surface area (Å²) >= 11 is 0. The molecular weight excluding hydrogens is 478 g/mol. The Hall–Kier alpha value is -3.68. The number of hydrogen-bond acceptors (Lipinski definition) is 4. The Kier molecular flexibility index (Phi) is 6.99. The van der Waals surface area contributed by atoms with Gasteiger partial charge in [-0.15, -0.1) is 0 Å². The molecule has 0 bridgehead atoms. The number of aromatic nitrogens is 2. The number of carbonyl (C=O) groups excluding carboxylic acids is 3. The summed E-state index contributed by atoms with van der Waals surface area (Å²) in [6.07, 6.45) is 1.96. The largest absolute Gasteiger partial charge is 0.342 e. The van der Waals surface area contributed by atoms with Gasteiger partial charge in [-0.25, -0.2) is 15.0 Å². The van der Waals surface area contributed by atoms with Crippen molar-refractivity contribution in [3.8, 4) is 0 Å². The Morgan fingerprint density at radius 1 is 1.03 bits per heavy atom. The number of nitrogens with zero attached hydrogens (tertiary/aromatic N) is 4. The summed E-state index contributed by atoms with van der Waals surface area (Å²) in [7, 11) is 1.90. The van der Waals surface area contributed by atoms with Crippen molar-refractivity contribution in [2.24, 2.45) is 18.9 Å². The number of hydrogen-bond donors (Lipinski definition) is 1. The van der Waals surface area contributed by atoms with Gasteiger partial charge in [0, 0.05) is 13.1 Å². The number of imidazole rings is 1. The Balaban J connectivity index is 1.47. The van der Waals surface area contributed by atoms with Crippen LogP contribution in [-0.4, -0.2) is 55.4 Å². The smallest absolute Gasteiger partial charge is 0.264 e. The van der Waals surface area contributed by atoms with Crippen LogP contribution in [0.3, 0.4) is 0 Å². The minimum Gasteiger partial charge on any atom is -0.342 e. The molecule has 2 heterocycles. The van der Waals surface area contributed by atoms with Crippen LogP contribution in [0.25, 0.3) is 11.0 Å². The number of rotatable bonds is 7.